The van der Waals surface area contributed by atoms with E-state index in [1.807, 2.05) is 6.92 Å². The maximum absolute atomic E-state index is 11.4. The quantitative estimate of drug-likeness (QED) is 0.294. The molecule has 0 aromatic rings. The van der Waals surface area contributed by atoms with Crippen molar-refractivity contribution >= 4 is 5.78 Å². The molecule has 5 N–H and O–H groups in total. The zero-order chi connectivity index (χ0) is 18.4. The first-order valence-electron chi connectivity index (χ1n) is 8.20. The first kappa shape index (κ1) is 20.8. The van der Waals surface area contributed by atoms with Crippen molar-refractivity contribution in [2.75, 3.05) is 6.61 Å². The Kier molecular flexibility index (Phi) is 8.05. The molecule has 7 heteroatoms. The molecule has 0 amide bonds. The Morgan fingerprint density at radius 2 is 2.12 bits per heavy atom. The molecule has 1 aliphatic heterocycles. The van der Waals surface area contributed by atoms with Gasteiger partial charge in [-0.15, -0.1) is 0 Å². The lowest BCUT2D eigenvalue weighted by atomic mass is 9.97. The van der Waals surface area contributed by atoms with Crippen LogP contribution in [-0.2, 0) is 14.3 Å². The van der Waals surface area contributed by atoms with E-state index < -0.39 is 30.6 Å². The van der Waals surface area contributed by atoms with E-state index in [1.54, 1.807) is 6.92 Å². The van der Waals surface area contributed by atoms with Gasteiger partial charge in [0.15, 0.2) is 12.1 Å². The molecule has 1 fully saturated rings. The molecule has 0 spiro atoms. The average Bonchev–Trinajstić information content (AvgIpc) is 2.52. The van der Waals surface area contributed by atoms with Gasteiger partial charge < -0.3 is 30.5 Å². The van der Waals surface area contributed by atoms with Crippen molar-refractivity contribution in [1.29, 1.82) is 0 Å². The number of hydrogen-bond donors (Lipinski definition) is 4. The zero-order valence-corrected chi connectivity index (χ0v) is 14.6. The lowest BCUT2D eigenvalue weighted by molar-refractivity contribution is -0.235. The maximum atomic E-state index is 11.4. The molecule has 0 radical (unpaired) electrons. The van der Waals surface area contributed by atoms with Gasteiger partial charge in [-0.05, 0) is 20.3 Å². The third-order valence-electron chi connectivity index (χ3n) is 4.24. The molecule has 138 valence electrons. The summed E-state index contributed by atoms with van der Waals surface area (Å²) in [6.45, 7) is 8.26. The second kappa shape index (κ2) is 9.29. The van der Waals surface area contributed by atoms with Crippen molar-refractivity contribution in [2.24, 2.45) is 5.73 Å². The number of allylic oxidation sites excluding steroid dienone is 1. The third-order valence-corrected chi connectivity index (χ3v) is 4.24. The Hall–Kier alpha value is -1.25. The van der Waals surface area contributed by atoms with Gasteiger partial charge in [0.05, 0.1) is 23.9 Å². The van der Waals surface area contributed by atoms with Crippen molar-refractivity contribution < 1.29 is 29.6 Å². The van der Waals surface area contributed by atoms with E-state index in [1.165, 1.54) is 6.92 Å². The number of Topliss-reactive ketones (excluding diaryl/α,β-unsaturated/α-hetero) is 1. The van der Waals surface area contributed by atoms with Crippen molar-refractivity contribution in [3.05, 3.63) is 23.5 Å². The first-order valence-corrected chi connectivity index (χ1v) is 8.20. The highest BCUT2D eigenvalue weighted by Crippen LogP contribution is 2.27. The first-order chi connectivity index (χ1) is 11.2. The fourth-order valence-electron chi connectivity index (χ4n) is 2.71. The Labute approximate surface area is 142 Å². The largest absolute Gasteiger partial charge is 0.507 e. The lowest BCUT2D eigenvalue weighted by Gasteiger charge is -2.37. The lowest BCUT2D eigenvalue weighted by Crippen LogP contribution is -2.52. The molecule has 1 rings (SSSR count). The Bertz CT molecular complexity index is 477. The minimum Gasteiger partial charge on any atom is -0.507 e. The van der Waals surface area contributed by atoms with Gasteiger partial charge in [0, 0.05) is 31.1 Å². The summed E-state index contributed by atoms with van der Waals surface area (Å²) in [6.07, 6.45) is -1.63. The smallest absolute Gasteiger partial charge is 0.162 e. The van der Waals surface area contributed by atoms with E-state index in [2.05, 4.69) is 6.58 Å². The van der Waals surface area contributed by atoms with Crippen LogP contribution in [0.4, 0.5) is 0 Å². The number of ether oxygens (including phenoxy) is 2. The minimum absolute atomic E-state index is 0.00319. The van der Waals surface area contributed by atoms with E-state index in [9.17, 15) is 20.1 Å². The van der Waals surface area contributed by atoms with Crippen LogP contribution in [0, 0.1) is 0 Å². The Morgan fingerprint density at radius 1 is 1.50 bits per heavy atom. The van der Waals surface area contributed by atoms with Crippen LogP contribution >= 0.6 is 0 Å². The SMILES string of the molecule is C=C(C(C)=O)/C(O)=C(\CC)[C@H](CCO)O[C@H]1C[C@H](N)[C@H](O)[C@H](C)O1. The van der Waals surface area contributed by atoms with Gasteiger partial charge in [0.1, 0.15) is 5.76 Å². The van der Waals surface area contributed by atoms with E-state index in [-0.39, 0.29) is 30.1 Å². The molecule has 24 heavy (non-hydrogen) atoms. The molecule has 0 aromatic carbocycles. The van der Waals surface area contributed by atoms with Gasteiger partial charge in [0.25, 0.3) is 0 Å². The number of carbonyl (C=O) groups is 1. The van der Waals surface area contributed by atoms with Crippen LogP contribution in [0.2, 0.25) is 0 Å². The van der Waals surface area contributed by atoms with Gasteiger partial charge in [0.2, 0.25) is 0 Å². The van der Waals surface area contributed by atoms with Crippen molar-refractivity contribution in [1.82, 2.24) is 0 Å². The average molecular weight is 343 g/mol. The fraction of sp³-hybridized carbons (Fsp3) is 0.706. The van der Waals surface area contributed by atoms with Gasteiger partial charge in [-0.2, -0.15) is 0 Å². The summed E-state index contributed by atoms with van der Waals surface area (Å²) in [6, 6.07) is -0.483. The van der Waals surface area contributed by atoms with Gasteiger partial charge >= 0.3 is 0 Å². The minimum atomic E-state index is -0.770. The summed E-state index contributed by atoms with van der Waals surface area (Å²) in [4.78, 5) is 11.4. The second-order valence-corrected chi connectivity index (χ2v) is 6.06. The summed E-state index contributed by atoms with van der Waals surface area (Å²) in [5.41, 5.74) is 6.36. The molecule has 0 bridgehead atoms. The number of nitrogens with two attached hydrogens (primary N) is 1. The molecule has 5 atom stereocenters. The maximum Gasteiger partial charge on any atom is 0.162 e. The van der Waals surface area contributed by atoms with Gasteiger partial charge in [-0.25, -0.2) is 0 Å². The highest BCUT2D eigenvalue weighted by molar-refractivity contribution is 5.96. The number of rotatable bonds is 8. The summed E-state index contributed by atoms with van der Waals surface area (Å²) in [5, 5.41) is 29.5. The van der Waals surface area contributed by atoms with E-state index in [0.29, 0.717) is 18.4 Å². The summed E-state index contributed by atoms with van der Waals surface area (Å²) in [7, 11) is 0. The highest BCUT2D eigenvalue weighted by atomic mass is 16.7. The van der Waals surface area contributed by atoms with E-state index in [4.69, 9.17) is 15.2 Å². The van der Waals surface area contributed by atoms with Gasteiger partial charge in [-0.3, -0.25) is 4.79 Å². The number of aliphatic hydroxyl groups is 3. The number of carbonyl (C=O) groups excluding carboxylic acids is 1. The molecule has 1 heterocycles. The van der Waals surface area contributed by atoms with Crippen LogP contribution in [-0.4, -0.2) is 58.4 Å². The zero-order valence-electron chi connectivity index (χ0n) is 14.6. The molecule has 0 unspecified atom stereocenters. The monoisotopic (exact) mass is 343 g/mol. The van der Waals surface area contributed by atoms with Crippen LogP contribution in [0.5, 0.6) is 0 Å². The van der Waals surface area contributed by atoms with Crippen LogP contribution < -0.4 is 5.73 Å². The summed E-state index contributed by atoms with van der Waals surface area (Å²) < 4.78 is 11.5. The van der Waals surface area contributed by atoms with Crippen LogP contribution in [0.1, 0.15) is 40.0 Å². The third kappa shape index (κ3) is 5.12. The molecule has 7 nitrogen and oxygen atoms in total. The summed E-state index contributed by atoms with van der Waals surface area (Å²) >= 11 is 0. The Morgan fingerprint density at radius 3 is 2.58 bits per heavy atom. The fourth-order valence-corrected chi connectivity index (χ4v) is 2.71. The predicted octanol–water partition coefficient (Wildman–Crippen LogP) is 0.944. The molecular formula is C17H29NO6. The predicted molar refractivity (Wildman–Crippen MR) is 89.3 cm³/mol. The molecule has 0 saturated carbocycles. The van der Waals surface area contributed by atoms with Crippen molar-refractivity contribution in [2.45, 2.75) is 70.7 Å². The normalized spacial score (nSPS) is 29.8. The van der Waals surface area contributed by atoms with Crippen molar-refractivity contribution in [3.63, 3.8) is 0 Å². The molecule has 0 aromatic heterocycles. The standard InChI is InChI=1S/C17H29NO6/c1-5-12(16(21)9(2)10(3)20)14(6-7-19)24-15-8-13(18)17(22)11(4)23-15/h11,13-15,17,19,21-22H,2,5-8,18H2,1,3-4H3/b16-12-/t11-,13-,14-,15-,17+/m0/s1. The summed E-state index contributed by atoms with van der Waals surface area (Å²) in [5.74, 6) is -0.550. The van der Waals surface area contributed by atoms with Gasteiger partial charge in [-0.1, -0.05) is 13.5 Å². The van der Waals surface area contributed by atoms with Crippen molar-refractivity contribution in [3.8, 4) is 0 Å². The molecular weight excluding hydrogens is 314 g/mol. The van der Waals surface area contributed by atoms with E-state index >= 15 is 0 Å². The van der Waals surface area contributed by atoms with Crippen LogP contribution in [0.15, 0.2) is 23.5 Å². The second-order valence-electron chi connectivity index (χ2n) is 6.06. The van der Waals surface area contributed by atoms with Crippen LogP contribution in [0.25, 0.3) is 0 Å². The molecule has 1 aliphatic rings. The van der Waals surface area contributed by atoms with Crippen LogP contribution in [0.3, 0.4) is 0 Å². The molecule has 1 saturated heterocycles. The number of hydrogen-bond acceptors (Lipinski definition) is 7. The Balaban J connectivity index is 2.98. The molecule has 0 aliphatic carbocycles. The number of ketones is 1. The highest BCUT2D eigenvalue weighted by Gasteiger charge is 2.35. The van der Waals surface area contributed by atoms with E-state index in [0.717, 1.165) is 0 Å². The topological polar surface area (TPSA) is 122 Å². The number of aliphatic hydroxyl groups excluding tert-OH is 3.